The molecule has 0 saturated heterocycles. The van der Waals surface area contributed by atoms with Crippen molar-refractivity contribution in [2.24, 2.45) is 17.3 Å². The van der Waals surface area contributed by atoms with Gasteiger partial charge in [0.1, 0.15) is 0 Å². The first kappa shape index (κ1) is 13.4. The lowest BCUT2D eigenvalue weighted by atomic mass is 9.97. The zero-order chi connectivity index (χ0) is 15.2. The maximum Gasteiger partial charge on any atom is 0.0661 e. The molecule has 2 heteroatoms. The second-order valence-electron chi connectivity index (χ2n) is 6.76. The van der Waals surface area contributed by atoms with Crippen LogP contribution in [0.15, 0.2) is 60.9 Å². The lowest BCUT2D eigenvalue weighted by molar-refractivity contribution is 0.591. The highest BCUT2D eigenvalue weighted by Gasteiger charge is 2.61. The highest BCUT2D eigenvalue weighted by molar-refractivity contribution is 5.80. The predicted octanol–water partition coefficient (Wildman–Crippen LogP) is 4.62. The van der Waals surface area contributed by atoms with Crippen molar-refractivity contribution in [2.75, 3.05) is 0 Å². The zero-order valence-electron chi connectivity index (χ0n) is 13.0. The first-order valence-corrected chi connectivity index (χ1v) is 7.92. The molecule has 22 heavy (non-hydrogen) atoms. The van der Waals surface area contributed by atoms with E-state index in [1.165, 1.54) is 11.1 Å². The van der Waals surface area contributed by atoms with Gasteiger partial charge in [0.25, 0.3) is 0 Å². The molecular weight excluding hydrogens is 268 g/mol. The Hall–Kier alpha value is -2.22. The SMILES string of the molecule is CC1(C)[C@@H]2C(c3ccccn3)=CCC=C(c3ccccn3)[C@@H]21. The van der Waals surface area contributed by atoms with Crippen LogP contribution in [0, 0.1) is 17.3 Å². The van der Waals surface area contributed by atoms with Crippen LogP contribution in [0.3, 0.4) is 0 Å². The Balaban J connectivity index is 1.73. The number of pyridine rings is 2. The van der Waals surface area contributed by atoms with Gasteiger partial charge in [-0.25, -0.2) is 0 Å². The van der Waals surface area contributed by atoms with Crippen molar-refractivity contribution in [3.63, 3.8) is 0 Å². The normalized spacial score (nSPS) is 25.5. The number of hydrogen-bond donors (Lipinski definition) is 0. The summed E-state index contributed by atoms with van der Waals surface area (Å²) >= 11 is 0. The van der Waals surface area contributed by atoms with Gasteiger partial charge in [-0.1, -0.05) is 38.1 Å². The Morgan fingerprint density at radius 3 is 1.73 bits per heavy atom. The quantitative estimate of drug-likeness (QED) is 0.806. The van der Waals surface area contributed by atoms with Gasteiger partial charge in [0.05, 0.1) is 11.4 Å². The van der Waals surface area contributed by atoms with E-state index in [2.05, 4.69) is 60.2 Å². The monoisotopic (exact) mass is 288 g/mol. The van der Waals surface area contributed by atoms with Crippen LogP contribution in [-0.4, -0.2) is 9.97 Å². The lowest BCUT2D eigenvalue weighted by Gasteiger charge is -2.09. The van der Waals surface area contributed by atoms with E-state index in [4.69, 9.17) is 0 Å². The number of fused-ring (bicyclic) bond motifs is 1. The zero-order valence-corrected chi connectivity index (χ0v) is 13.0. The first-order valence-electron chi connectivity index (χ1n) is 7.92. The van der Waals surface area contributed by atoms with Crippen LogP contribution in [0.1, 0.15) is 31.7 Å². The molecule has 2 heterocycles. The molecule has 2 aromatic rings. The molecule has 0 aromatic carbocycles. The second-order valence-corrected chi connectivity index (χ2v) is 6.76. The fourth-order valence-corrected chi connectivity index (χ4v) is 3.96. The topological polar surface area (TPSA) is 25.8 Å². The van der Waals surface area contributed by atoms with Gasteiger partial charge >= 0.3 is 0 Å². The van der Waals surface area contributed by atoms with E-state index in [0.717, 1.165) is 17.8 Å². The molecule has 2 aliphatic carbocycles. The second kappa shape index (κ2) is 4.91. The highest BCUT2D eigenvalue weighted by atomic mass is 14.7. The fraction of sp³-hybridized carbons (Fsp3) is 0.300. The molecule has 1 saturated carbocycles. The summed E-state index contributed by atoms with van der Waals surface area (Å²) in [5.41, 5.74) is 5.32. The molecule has 2 aliphatic rings. The molecule has 2 atom stereocenters. The van der Waals surface area contributed by atoms with Gasteiger partial charge in [-0.15, -0.1) is 0 Å². The third kappa shape index (κ3) is 2.02. The Morgan fingerprint density at radius 2 is 1.32 bits per heavy atom. The minimum Gasteiger partial charge on any atom is -0.257 e. The van der Waals surface area contributed by atoms with Crippen LogP contribution in [0.25, 0.3) is 11.1 Å². The maximum atomic E-state index is 4.58. The first-order chi connectivity index (χ1) is 10.7. The number of rotatable bonds is 2. The predicted molar refractivity (Wildman–Crippen MR) is 89.8 cm³/mol. The van der Waals surface area contributed by atoms with Crippen molar-refractivity contribution in [3.8, 4) is 0 Å². The summed E-state index contributed by atoms with van der Waals surface area (Å²) in [5, 5.41) is 0. The van der Waals surface area contributed by atoms with Crippen LogP contribution in [-0.2, 0) is 0 Å². The van der Waals surface area contributed by atoms with Crippen molar-refractivity contribution in [1.29, 1.82) is 0 Å². The van der Waals surface area contributed by atoms with Gasteiger partial charge in [-0.3, -0.25) is 9.97 Å². The molecule has 2 aromatic heterocycles. The highest BCUT2D eigenvalue weighted by Crippen LogP contribution is 2.68. The van der Waals surface area contributed by atoms with Gasteiger partial charge in [0, 0.05) is 12.4 Å². The smallest absolute Gasteiger partial charge is 0.0661 e. The maximum absolute atomic E-state index is 4.58. The molecule has 1 fully saturated rings. The number of allylic oxidation sites excluding steroid dienone is 4. The summed E-state index contributed by atoms with van der Waals surface area (Å²) in [6.07, 6.45) is 9.44. The van der Waals surface area contributed by atoms with E-state index >= 15 is 0 Å². The lowest BCUT2D eigenvalue weighted by Crippen LogP contribution is -1.97. The van der Waals surface area contributed by atoms with Gasteiger partial charge < -0.3 is 0 Å². The van der Waals surface area contributed by atoms with Crippen LogP contribution < -0.4 is 0 Å². The number of aromatic nitrogens is 2. The summed E-state index contributed by atoms with van der Waals surface area (Å²) in [7, 11) is 0. The Morgan fingerprint density at radius 1 is 0.818 bits per heavy atom. The summed E-state index contributed by atoms with van der Waals surface area (Å²) in [6.45, 7) is 4.72. The van der Waals surface area contributed by atoms with Gasteiger partial charge in [-0.2, -0.15) is 0 Å². The van der Waals surface area contributed by atoms with Gasteiger partial charge in [0.2, 0.25) is 0 Å². The van der Waals surface area contributed by atoms with Crippen molar-refractivity contribution < 1.29 is 0 Å². The average Bonchev–Trinajstić information content (AvgIpc) is 3.18. The third-order valence-electron chi connectivity index (χ3n) is 5.09. The molecule has 0 bridgehead atoms. The molecular formula is C20H20N2. The van der Waals surface area contributed by atoms with E-state index in [1.807, 2.05) is 24.5 Å². The van der Waals surface area contributed by atoms with E-state index in [0.29, 0.717) is 11.8 Å². The van der Waals surface area contributed by atoms with E-state index in [9.17, 15) is 0 Å². The molecule has 0 unspecified atom stereocenters. The van der Waals surface area contributed by atoms with E-state index in [1.54, 1.807) is 0 Å². The Bertz CT molecular complexity index is 678. The molecule has 0 N–H and O–H groups in total. The molecule has 0 radical (unpaired) electrons. The van der Waals surface area contributed by atoms with Crippen molar-refractivity contribution in [1.82, 2.24) is 9.97 Å². The fourth-order valence-electron chi connectivity index (χ4n) is 3.96. The van der Waals surface area contributed by atoms with Crippen LogP contribution in [0.4, 0.5) is 0 Å². The molecule has 0 spiro atoms. The summed E-state index contributed by atoms with van der Waals surface area (Å²) < 4.78 is 0. The third-order valence-corrected chi connectivity index (χ3v) is 5.09. The van der Waals surface area contributed by atoms with Crippen LogP contribution in [0.5, 0.6) is 0 Å². The van der Waals surface area contributed by atoms with Crippen molar-refractivity contribution in [2.45, 2.75) is 20.3 Å². The Kier molecular flexibility index (Phi) is 3.00. The number of hydrogen-bond acceptors (Lipinski definition) is 2. The van der Waals surface area contributed by atoms with Crippen LogP contribution in [0.2, 0.25) is 0 Å². The molecule has 4 rings (SSSR count). The van der Waals surface area contributed by atoms with Crippen LogP contribution >= 0.6 is 0 Å². The molecule has 2 nitrogen and oxygen atoms in total. The standard InChI is InChI=1S/C20H20N2/c1-20(2)18-14(16-10-3-5-12-21-16)8-7-9-15(19(18)20)17-11-4-6-13-22-17/h3-6,8-13,18-19H,7H2,1-2H3/t18-,19+. The van der Waals surface area contributed by atoms with Gasteiger partial charge in [-0.05, 0) is 59.1 Å². The summed E-state index contributed by atoms with van der Waals surface area (Å²) in [4.78, 5) is 9.15. The minimum atomic E-state index is 0.271. The Labute approximate surface area is 131 Å². The average molecular weight is 288 g/mol. The summed E-state index contributed by atoms with van der Waals surface area (Å²) in [6, 6.07) is 12.4. The van der Waals surface area contributed by atoms with Crippen molar-refractivity contribution in [3.05, 3.63) is 72.3 Å². The van der Waals surface area contributed by atoms with Gasteiger partial charge in [0.15, 0.2) is 0 Å². The molecule has 0 amide bonds. The minimum absolute atomic E-state index is 0.271. The van der Waals surface area contributed by atoms with Crippen molar-refractivity contribution >= 4 is 11.1 Å². The van der Waals surface area contributed by atoms with E-state index in [-0.39, 0.29) is 5.41 Å². The summed E-state index contributed by atoms with van der Waals surface area (Å²) in [5.74, 6) is 1.08. The van der Waals surface area contributed by atoms with E-state index < -0.39 is 0 Å². The molecule has 110 valence electrons. The molecule has 0 aliphatic heterocycles. The number of nitrogens with zero attached hydrogens (tertiary/aromatic N) is 2. The largest absolute Gasteiger partial charge is 0.257 e.